The minimum absolute atomic E-state index is 0.0126. The number of nitrogens with one attached hydrogen (secondary N) is 1. The number of amides is 2. The van der Waals surface area contributed by atoms with Crippen LogP contribution in [0.5, 0.6) is 5.75 Å². The highest BCUT2D eigenvalue weighted by Crippen LogP contribution is 2.29. The van der Waals surface area contributed by atoms with E-state index >= 15 is 0 Å². The van der Waals surface area contributed by atoms with E-state index in [9.17, 15) is 18.0 Å². The van der Waals surface area contributed by atoms with Crippen molar-refractivity contribution in [1.29, 1.82) is 0 Å². The Morgan fingerprint density at radius 1 is 0.952 bits per heavy atom. The van der Waals surface area contributed by atoms with E-state index in [-0.39, 0.29) is 29.1 Å². The zero-order valence-electron chi connectivity index (χ0n) is 24.4. The maximum Gasteiger partial charge on any atom is 0.264 e. The topological polar surface area (TPSA) is 96.0 Å². The Morgan fingerprint density at radius 2 is 1.64 bits per heavy atom. The van der Waals surface area contributed by atoms with Crippen molar-refractivity contribution in [3.05, 3.63) is 87.9 Å². The van der Waals surface area contributed by atoms with E-state index in [0.29, 0.717) is 34.2 Å². The second kappa shape index (κ2) is 14.8. The Bertz CT molecular complexity index is 1500. The third-order valence-corrected chi connectivity index (χ3v) is 9.48. The molecule has 226 valence electrons. The molecule has 0 spiro atoms. The SMILES string of the molecule is CC[C@@H](C)NC(=O)[C@H](CC)N(Cc1ccc(Cl)c(Cl)c1)C(=O)CN(c1cccc(OC)c1)S(=O)(=O)c1ccc(C)cc1. The van der Waals surface area contributed by atoms with Crippen molar-refractivity contribution in [3.8, 4) is 5.75 Å². The monoisotopic (exact) mass is 633 g/mol. The van der Waals surface area contributed by atoms with Gasteiger partial charge in [0.25, 0.3) is 10.0 Å². The van der Waals surface area contributed by atoms with Gasteiger partial charge in [0.15, 0.2) is 0 Å². The van der Waals surface area contributed by atoms with Crippen LogP contribution in [0.1, 0.15) is 44.7 Å². The van der Waals surface area contributed by atoms with Crippen LogP contribution >= 0.6 is 23.2 Å². The molecule has 0 heterocycles. The number of carbonyl (C=O) groups is 2. The van der Waals surface area contributed by atoms with Gasteiger partial charge in [-0.2, -0.15) is 0 Å². The van der Waals surface area contributed by atoms with Crippen LogP contribution in [-0.4, -0.2) is 50.9 Å². The fourth-order valence-electron chi connectivity index (χ4n) is 4.33. The number of aryl methyl sites for hydroxylation is 1. The highest BCUT2D eigenvalue weighted by atomic mass is 35.5. The van der Waals surface area contributed by atoms with Gasteiger partial charge in [-0.05, 0) is 68.7 Å². The number of hydrogen-bond donors (Lipinski definition) is 1. The van der Waals surface area contributed by atoms with Crippen molar-refractivity contribution in [2.24, 2.45) is 0 Å². The first-order valence-electron chi connectivity index (χ1n) is 13.7. The van der Waals surface area contributed by atoms with Gasteiger partial charge in [0.05, 0.1) is 27.7 Å². The van der Waals surface area contributed by atoms with Crippen LogP contribution < -0.4 is 14.4 Å². The van der Waals surface area contributed by atoms with Gasteiger partial charge in [-0.1, -0.05) is 66.9 Å². The lowest BCUT2D eigenvalue weighted by Gasteiger charge is -2.34. The number of carbonyl (C=O) groups excluding carboxylic acids is 2. The number of anilines is 1. The molecule has 8 nitrogen and oxygen atoms in total. The lowest BCUT2D eigenvalue weighted by Crippen LogP contribution is -2.53. The van der Waals surface area contributed by atoms with Crippen LogP contribution in [0.2, 0.25) is 10.0 Å². The molecular weight excluding hydrogens is 597 g/mol. The van der Waals surface area contributed by atoms with Gasteiger partial charge in [-0.3, -0.25) is 13.9 Å². The van der Waals surface area contributed by atoms with Crippen LogP contribution in [0.4, 0.5) is 5.69 Å². The smallest absolute Gasteiger partial charge is 0.264 e. The number of rotatable bonds is 13. The molecule has 0 aliphatic rings. The molecule has 3 aromatic rings. The van der Waals surface area contributed by atoms with Gasteiger partial charge in [-0.25, -0.2) is 8.42 Å². The molecule has 11 heteroatoms. The predicted octanol–water partition coefficient (Wildman–Crippen LogP) is 6.23. The molecule has 0 radical (unpaired) electrons. The van der Waals surface area contributed by atoms with Gasteiger partial charge in [-0.15, -0.1) is 0 Å². The Morgan fingerprint density at radius 3 is 2.24 bits per heavy atom. The molecule has 0 fully saturated rings. The summed E-state index contributed by atoms with van der Waals surface area (Å²) in [6.45, 7) is 6.95. The average Bonchev–Trinajstić information content (AvgIpc) is 2.97. The first-order chi connectivity index (χ1) is 19.9. The number of sulfonamides is 1. The molecule has 2 amide bonds. The highest BCUT2D eigenvalue weighted by Gasteiger charge is 2.34. The first kappa shape index (κ1) is 33.2. The summed E-state index contributed by atoms with van der Waals surface area (Å²) < 4.78 is 34.4. The summed E-state index contributed by atoms with van der Waals surface area (Å²) in [5.74, 6) is -0.462. The van der Waals surface area contributed by atoms with E-state index in [4.69, 9.17) is 27.9 Å². The fourth-order valence-corrected chi connectivity index (χ4v) is 6.05. The zero-order chi connectivity index (χ0) is 31.0. The molecule has 1 N–H and O–H groups in total. The lowest BCUT2D eigenvalue weighted by molar-refractivity contribution is -0.140. The first-order valence-corrected chi connectivity index (χ1v) is 15.9. The summed E-state index contributed by atoms with van der Waals surface area (Å²) in [5.41, 5.74) is 1.78. The Kier molecular flexibility index (Phi) is 11.7. The number of benzene rings is 3. The van der Waals surface area contributed by atoms with E-state index < -0.39 is 28.5 Å². The van der Waals surface area contributed by atoms with Gasteiger partial charge >= 0.3 is 0 Å². The summed E-state index contributed by atoms with van der Waals surface area (Å²) in [6.07, 6.45) is 1.01. The number of halogens is 2. The summed E-state index contributed by atoms with van der Waals surface area (Å²) in [7, 11) is -2.72. The Hall–Kier alpha value is -3.27. The molecule has 0 unspecified atom stereocenters. The summed E-state index contributed by atoms with van der Waals surface area (Å²) in [4.78, 5) is 29.0. The van der Waals surface area contributed by atoms with Crippen LogP contribution in [0.25, 0.3) is 0 Å². The summed E-state index contributed by atoms with van der Waals surface area (Å²) >= 11 is 12.4. The number of ether oxygens (including phenoxy) is 1. The normalized spacial score (nSPS) is 12.7. The second-order valence-electron chi connectivity index (χ2n) is 10.0. The highest BCUT2D eigenvalue weighted by molar-refractivity contribution is 7.92. The second-order valence-corrected chi connectivity index (χ2v) is 12.7. The molecule has 3 rings (SSSR count). The van der Waals surface area contributed by atoms with E-state index in [1.165, 1.54) is 24.1 Å². The van der Waals surface area contributed by atoms with Gasteiger partial charge in [0, 0.05) is 18.7 Å². The van der Waals surface area contributed by atoms with Crippen LogP contribution in [0.3, 0.4) is 0 Å². The van der Waals surface area contributed by atoms with Crippen molar-refractivity contribution < 1.29 is 22.7 Å². The third kappa shape index (κ3) is 8.18. The van der Waals surface area contributed by atoms with Crippen LogP contribution in [-0.2, 0) is 26.2 Å². The average molecular weight is 635 g/mol. The van der Waals surface area contributed by atoms with E-state index in [1.54, 1.807) is 61.5 Å². The molecule has 0 aliphatic heterocycles. The van der Waals surface area contributed by atoms with Gasteiger partial charge in [0.2, 0.25) is 11.8 Å². The third-order valence-electron chi connectivity index (χ3n) is 6.95. The molecular formula is C31H37Cl2N3O5S. The minimum atomic E-state index is -4.19. The lowest BCUT2D eigenvalue weighted by atomic mass is 10.1. The molecule has 42 heavy (non-hydrogen) atoms. The standard InChI is InChI=1S/C31H37Cl2N3O5S/c1-6-22(4)34-31(38)29(7-2)35(19-23-13-16-27(32)28(33)17-23)30(37)20-36(24-9-8-10-25(18-24)41-5)42(39,40)26-14-11-21(3)12-15-26/h8-18,22,29H,6-7,19-20H2,1-5H3,(H,34,38)/t22-,29+/m1/s1. The van der Waals surface area contributed by atoms with Crippen LogP contribution in [0.15, 0.2) is 71.6 Å². The van der Waals surface area contributed by atoms with Crippen molar-refractivity contribution in [2.45, 2.75) is 64.1 Å². The van der Waals surface area contributed by atoms with Gasteiger partial charge < -0.3 is 15.0 Å². The fraction of sp³-hybridized carbons (Fsp3) is 0.355. The number of methoxy groups -OCH3 is 1. The molecule has 0 aromatic heterocycles. The molecule has 0 saturated heterocycles. The Labute approximate surface area is 258 Å². The van der Waals surface area contributed by atoms with Crippen molar-refractivity contribution >= 4 is 50.7 Å². The molecule has 3 aromatic carbocycles. The van der Waals surface area contributed by atoms with Crippen molar-refractivity contribution in [3.63, 3.8) is 0 Å². The van der Waals surface area contributed by atoms with Crippen LogP contribution in [0, 0.1) is 6.92 Å². The van der Waals surface area contributed by atoms with E-state index in [2.05, 4.69) is 5.32 Å². The summed E-state index contributed by atoms with van der Waals surface area (Å²) in [6, 6.07) is 16.9. The molecule has 0 aliphatic carbocycles. The van der Waals surface area contributed by atoms with E-state index in [0.717, 1.165) is 9.87 Å². The minimum Gasteiger partial charge on any atom is -0.497 e. The predicted molar refractivity (Wildman–Crippen MR) is 168 cm³/mol. The largest absolute Gasteiger partial charge is 0.497 e. The van der Waals surface area contributed by atoms with E-state index in [1.807, 2.05) is 20.8 Å². The maximum absolute atomic E-state index is 14.2. The van der Waals surface area contributed by atoms with Gasteiger partial charge in [0.1, 0.15) is 18.3 Å². The van der Waals surface area contributed by atoms with Crippen molar-refractivity contribution in [2.75, 3.05) is 18.0 Å². The number of nitrogens with zero attached hydrogens (tertiary/aromatic N) is 2. The molecule has 2 atom stereocenters. The number of hydrogen-bond acceptors (Lipinski definition) is 5. The molecule has 0 saturated carbocycles. The summed E-state index contributed by atoms with van der Waals surface area (Å²) in [5, 5.41) is 3.61. The molecule has 0 bridgehead atoms. The quantitative estimate of drug-likeness (QED) is 0.241. The van der Waals surface area contributed by atoms with Crippen molar-refractivity contribution in [1.82, 2.24) is 10.2 Å². The Balaban J connectivity index is 2.09. The maximum atomic E-state index is 14.2. The zero-order valence-corrected chi connectivity index (χ0v) is 26.8.